The smallest absolute Gasteiger partial charge is 0.446 e. The van der Waals surface area contributed by atoms with Gasteiger partial charge in [0.2, 0.25) is 10.0 Å². The van der Waals surface area contributed by atoms with E-state index in [0.717, 1.165) is 17.7 Å². The van der Waals surface area contributed by atoms with Gasteiger partial charge in [0.15, 0.2) is 0 Å². The van der Waals surface area contributed by atoms with Crippen LogP contribution in [0.2, 0.25) is 0 Å². The number of hydrogen-bond donors (Lipinski definition) is 1. The molecule has 2 aromatic rings. The fourth-order valence-electron chi connectivity index (χ4n) is 2.54. The molecule has 2 aromatic carbocycles. The summed E-state index contributed by atoms with van der Waals surface area (Å²) in [5, 5.41) is 0. The maximum atomic E-state index is 12.5. The second-order valence-corrected chi connectivity index (χ2v) is 8.22. The Balaban J connectivity index is 1.79. The third kappa shape index (κ3) is 4.47. The molecule has 3 rings (SSSR count). The van der Waals surface area contributed by atoms with Crippen molar-refractivity contribution < 1.29 is 26.3 Å². The quantitative estimate of drug-likeness (QED) is 0.800. The lowest BCUT2D eigenvalue weighted by atomic mass is 10.0. The van der Waals surface area contributed by atoms with Gasteiger partial charge < -0.3 is 4.74 Å². The van der Waals surface area contributed by atoms with E-state index in [4.69, 9.17) is 4.74 Å². The summed E-state index contributed by atoms with van der Waals surface area (Å²) < 4.78 is 70.2. The van der Waals surface area contributed by atoms with Crippen molar-refractivity contribution in [3.8, 4) is 5.75 Å². The summed E-state index contributed by atoms with van der Waals surface area (Å²) in [5.74, 6) is 0.623. The van der Waals surface area contributed by atoms with Crippen LogP contribution in [0.25, 0.3) is 0 Å². The highest BCUT2D eigenvalue weighted by Gasteiger charge is 2.30. The second-order valence-electron chi connectivity index (χ2n) is 5.37. The average Bonchev–Trinajstić information content (AvgIpc) is 2.54. The Hall–Kier alpha value is -1.71. The van der Waals surface area contributed by atoms with Crippen molar-refractivity contribution in [1.29, 1.82) is 0 Å². The van der Waals surface area contributed by atoms with Gasteiger partial charge in [-0.25, -0.2) is 13.1 Å². The fourth-order valence-corrected chi connectivity index (χ4v) is 4.33. The Bertz CT molecular complexity index is 852. The van der Waals surface area contributed by atoms with Gasteiger partial charge in [0.25, 0.3) is 0 Å². The molecule has 1 heterocycles. The van der Waals surface area contributed by atoms with Crippen LogP contribution in [0, 0.1) is 0 Å². The molecule has 0 aromatic heterocycles. The molecule has 1 aliphatic rings. The van der Waals surface area contributed by atoms with E-state index in [1.54, 1.807) is 24.3 Å². The van der Waals surface area contributed by atoms with Crippen LogP contribution in [0.1, 0.15) is 18.0 Å². The van der Waals surface area contributed by atoms with Crippen LogP contribution in [-0.2, 0) is 10.0 Å². The van der Waals surface area contributed by atoms with Gasteiger partial charge in [-0.2, -0.15) is 13.2 Å². The summed E-state index contributed by atoms with van der Waals surface area (Å²) in [5.41, 5.74) is -3.67. The summed E-state index contributed by atoms with van der Waals surface area (Å²) in [7, 11) is -3.86. The first-order valence-corrected chi connectivity index (χ1v) is 9.64. The van der Waals surface area contributed by atoms with Gasteiger partial charge in [-0.3, -0.25) is 0 Å². The van der Waals surface area contributed by atoms with Gasteiger partial charge in [0.1, 0.15) is 5.75 Å². The molecule has 134 valence electrons. The number of alkyl halides is 3. The molecule has 9 heteroatoms. The number of rotatable bonds is 4. The summed E-state index contributed by atoms with van der Waals surface area (Å²) in [4.78, 5) is -0.147. The van der Waals surface area contributed by atoms with Crippen molar-refractivity contribution in [1.82, 2.24) is 4.72 Å². The SMILES string of the molecule is O=S(=O)(NC1CCOc2ccccc21)c1ccc(SC(F)(F)F)cc1. The van der Waals surface area contributed by atoms with Gasteiger partial charge in [0, 0.05) is 16.9 Å². The van der Waals surface area contributed by atoms with Crippen LogP contribution < -0.4 is 9.46 Å². The number of halogens is 3. The average molecular weight is 389 g/mol. The topological polar surface area (TPSA) is 55.4 Å². The number of hydrogen-bond acceptors (Lipinski definition) is 4. The first-order chi connectivity index (χ1) is 11.7. The predicted octanol–water partition coefficient (Wildman–Crippen LogP) is 4.10. The van der Waals surface area contributed by atoms with Crippen molar-refractivity contribution >= 4 is 21.8 Å². The highest BCUT2D eigenvalue weighted by molar-refractivity contribution is 8.00. The Kier molecular flexibility index (Phi) is 4.99. The van der Waals surface area contributed by atoms with E-state index in [0.29, 0.717) is 18.8 Å². The molecular formula is C16H14F3NO3S2. The van der Waals surface area contributed by atoms with Crippen molar-refractivity contribution in [2.75, 3.05) is 6.61 Å². The number of ether oxygens (including phenoxy) is 1. The molecule has 0 amide bonds. The zero-order valence-corrected chi connectivity index (χ0v) is 14.4. The van der Waals surface area contributed by atoms with E-state index in [1.807, 2.05) is 0 Å². The number of benzene rings is 2. The largest absolute Gasteiger partial charge is 0.493 e. The van der Waals surface area contributed by atoms with E-state index in [2.05, 4.69) is 4.72 Å². The maximum Gasteiger partial charge on any atom is 0.446 e. The van der Waals surface area contributed by atoms with Gasteiger partial charge in [-0.05, 0) is 42.1 Å². The molecule has 1 atom stereocenters. The lowest BCUT2D eigenvalue weighted by Gasteiger charge is -2.26. The molecule has 0 saturated carbocycles. The summed E-state index contributed by atoms with van der Waals surface area (Å²) in [6.07, 6.45) is 0.470. The highest BCUT2D eigenvalue weighted by Crippen LogP contribution is 2.37. The maximum absolute atomic E-state index is 12.5. The van der Waals surface area contributed by atoms with Crippen LogP contribution in [0.15, 0.2) is 58.3 Å². The molecule has 4 nitrogen and oxygen atoms in total. The van der Waals surface area contributed by atoms with E-state index in [-0.39, 0.29) is 21.6 Å². The normalized spacial score (nSPS) is 17.6. The molecular weight excluding hydrogens is 375 g/mol. The zero-order valence-electron chi connectivity index (χ0n) is 12.8. The Morgan fingerprint density at radius 2 is 1.76 bits per heavy atom. The number of para-hydroxylation sites is 1. The van der Waals surface area contributed by atoms with Gasteiger partial charge in [-0.1, -0.05) is 18.2 Å². The van der Waals surface area contributed by atoms with Crippen LogP contribution in [0.5, 0.6) is 5.75 Å². The minimum Gasteiger partial charge on any atom is -0.493 e. The summed E-state index contributed by atoms with van der Waals surface area (Å²) >= 11 is -0.285. The number of sulfonamides is 1. The van der Waals surface area contributed by atoms with Crippen LogP contribution in [-0.4, -0.2) is 20.5 Å². The summed E-state index contributed by atoms with van der Waals surface area (Å²) in [6, 6.07) is 11.3. The van der Waals surface area contributed by atoms with Crippen LogP contribution in [0.3, 0.4) is 0 Å². The molecule has 0 saturated heterocycles. The molecule has 0 spiro atoms. The van der Waals surface area contributed by atoms with Crippen molar-refractivity contribution in [2.24, 2.45) is 0 Å². The standard InChI is InChI=1S/C16H14F3NO3S2/c17-16(18,19)24-11-5-7-12(8-6-11)25(21,22)20-14-9-10-23-15-4-2-1-3-13(14)15/h1-8,14,20H,9-10H2. The monoisotopic (exact) mass is 389 g/mol. The Morgan fingerprint density at radius 3 is 2.44 bits per heavy atom. The van der Waals surface area contributed by atoms with Gasteiger partial charge in [0.05, 0.1) is 17.5 Å². The van der Waals surface area contributed by atoms with Crippen LogP contribution >= 0.6 is 11.8 Å². The first-order valence-electron chi connectivity index (χ1n) is 7.34. The van der Waals surface area contributed by atoms with Crippen molar-refractivity contribution in [3.05, 3.63) is 54.1 Å². The van der Waals surface area contributed by atoms with Crippen LogP contribution in [0.4, 0.5) is 13.2 Å². The molecule has 0 aliphatic carbocycles. The lowest BCUT2D eigenvalue weighted by molar-refractivity contribution is -0.0328. The van der Waals surface area contributed by atoms with E-state index < -0.39 is 21.6 Å². The first kappa shape index (κ1) is 18.1. The highest BCUT2D eigenvalue weighted by atomic mass is 32.2. The minimum atomic E-state index is -4.41. The Morgan fingerprint density at radius 1 is 1.08 bits per heavy atom. The fraction of sp³-hybridized carbons (Fsp3) is 0.250. The van der Waals surface area contributed by atoms with Gasteiger partial charge in [-0.15, -0.1) is 0 Å². The third-order valence-electron chi connectivity index (χ3n) is 3.62. The lowest BCUT2D eigenvalue weighted by Crippen LogP contribution is -2.32. The Labute approximate surface area is 147 Å². The number of fused-ring (bicyclic) bond motifs is 1. The van der Waals surface area contributed by atoms with Gasteiger partial charge >= 0.3 is 5.51 Å². The molecule has 1 aliphatic heterocycles. The molecule has 1 N–H and O–H groups in total. The van der Waals surface area contributed by atoms with E-state index >= 15 is 0 Å². The molecule has 1 unspecified atom stereocenters. The molecule has 25 heavy (non-hydrogen) atoms. The molecule has 0 bridgehead atoms. The van der Waals surface area contributed by atoms with Crippen molar-refractivity contribution in [2.45, 2.75) is 27.8 Å². The minimum absolute atomic E-state index is 0.0668. The number of nitrogens with one attached hydrogen (secondary N) is 1. The third-order valence-corrected chi connectivity index (χ3v) is 5.85. The second kappa shape index (κ2) is 6.89. The molecule has 0 fully saturated rings. The predicted molar refractivity (Wildman–Crippen MR) is 88.0 cm³/mol. The van der Waals surface area contributed by atoms with Crippen molar-refractivity contribution in [3.63, 3.8) is 0 Å². The molecule has 0 radical (unpaired) electrons. The van der Waals surface area contributed by atoms with E-state index in [9.17, 15) is 21.6 Å². The zero-order chi connectivity index (χ0) is 18.1. The summed E-state index contributed by atoms with van der Waals surface area (Å²) in [6.45, 7) is 0.380. The number of thioether (sulfide) groups is 1. The van der Waals surface area contributed by atoms with E-state index in [1.165, 1.54) is 12.1 Å².